The van der Waals surface area contributed by atoms with E-state index in [0.29, 0.717) is 5.56 Å². The van der Waals surface area contributed by atoms with Crippen LogP contribution in [0.1, 0.15) is 31.1 Å². The van der Waals surface area contributed by atoms with E-state index in [0.717, 1.165) is 0 Å². The predicted octanol–water partition coefficient (Wildman–Crippen LogP) is 1.56. The molecule has 0 radical (unpaired) electrons. The molecule has 6 heteroatoms. The zero-order valence-electron chi connectivity index (χ0n) is 13.5. The molecule has 0 spiro atoms. The number of ether oxygens (including phenoxy) is 3. The molecule has 1 N–H and O–H groups in total. The Hall–Kier alpha value is -1.92. The average molecular weight is 322 g/mol. The lowest BCUT2D eigenvalue weighted by Crippen LogP contribution is -2.55. The molecule has 5 atom stereocenters. The molecule has 0 aromatic heterocycles. The quantitative estimate of drug-likeness (QED) is 0.847. The van der Waals surface area contributed by atoms with E-state index in [1.165, 1.54) is 6.92 Å². The molecule has 1 aromatic carbocycles. The molecule has 5 unspecified atom stereocenters. The van der Waals surface area contributed by atoms with E-state index in [1.807, 2.05) is 13.8 Å². The Morgan fingerprint density at radius 3 is 2.48 bits per heavy atom. The third-order valence-electron chi connectivity index (χ3n) is 4.06. The first-order chi connectivity index (χ1) is 10.9. The topological polar surface area (TPSA) is 82.1 Å². The largest absolute Gasteiger partial charge is 0.459 e. The highest BCUT2D eigenvalue weighted by Crippen LogP contribution is 2.28. The summed E-state index contributed by atoms with van der Waals surface area (Å²) < 4.78 is 16.1. The molecular weight excluding hydrogens is 300 g/mol. The van der Waals surface area contributed by atoms with Gasteiger partial charge in [0.15, 0.2) is 0 Å². The summed E-state index contributed by atoms with van der Waals surface area (Å²) in [5.74, 6) is -1.11. The molecule has 2 rings (SSSR count). The summed E-state index contributed by atoms with van der Waals surface area (Å²) in [6.45, 7) is 4.86. The van der Waals surface area contributed by atoms with Gasteiger partial charge >= 0.3 is 11.9 Å². The molecule has 1 saturated heterocycles. The van der Waals surface area contributed by atoms with E-state index in [1.54, 1.807) is 30.3 Å². The number of benzene rings is 1. The maximum atomic E-state index is 12.0. The first kappa shape index (κ1) is 17.4. The lowest BCUT2D eigenvalue weighted by Gasteiger charge is -2.41. The van der Waals surface area contributed by atoms with E-state index in [2.05, 4.69) is 0 Å². The Labute approximate surface area is 135 Å². The summed E-state index contributed by atoms with van der Waals surface area (Å²) >= 11 is 0. The second-order valence-corrected chi connectivity index (χ2v) is 5.77. The van der Waals surface area contributed by atoms with Crippen LogP contribution in [0.5, 0.6) is 0 Å². The minimum Gasteiger partial charge on any atom is -0.459 e. The van der Waals surface area contributed by atoms with Gasteiger partial charge in [-0.25, -0.2) is 4.79 Å². The summed E-state index contributed by atoms with van der Waals surface area (Å²) in [5, 5.41) is 10.4. The predicted molar refractivity (Wildman–Crippen MR) is 81.8 cm³/mol. The van der Waals surface area contributed by atoms with Gasteiger partial charge in [0.05, 0.1) is 11.7 Å². The molecule has 126 valence electrons. The number of hydrogen-bond donors (Lipinski definition) is 1. The second-order valence-electron chi connectivity index (χ2n) is 5.77. The number of carbonyl (C=O) groups excluding carboxylic acids is 2. The Morgan fingerprint density at radius 2 is 1.87 bits per heavy atom. The molecule has 0 saturated carbocycles. The normalized spacial score (nSPS) is 30.5. The third-order valence-corrected chi connectivity index (χ3v) is 4.06. The lowest BCUT2D eigenvalue weighted by molar-refractivity contribution is -0.214. The summed E-state index contributed by atoms with van der Waals surface area (Å²) in [6, 6.07) is 8.57. The maximum absolute atomic E-state index is 12.0. The molecule has 0 amide bonds. The van der Waals surface area contributed by atoms with E-state index in [9.17, 15) is 14.7 Å². The van der Waals surface area contributed by atoms with Gasteiger partial charge in [-0.3, -0.25) is 4.79 Å². The highest BCUT2D eigenvalue weighted by atomic mass is 16.6. The molecule has 1 aliphatic heterocycles. The average Bonchev–Trinajstić information content (AvgIpc) is 2.54. The van der Waals surface area contributed by atoms with E-state index in [-0.39, 0.29) is 18.6 Å². The van der Waals surface area contributed by atoms with Crippen molar-refractivity contribution in [3.63, 3.8) is 0 Å². The van der Waals surface area contributed by atoms with Crippen LogP contribution >= 0.6 is 0 Å². The molecule has 1 fully saturated rings. The van der Waals surface area contributed by atoms with Crippen LogP contribution in [0.4, 0.5) is 0 Å². The monoisotopic (exact) mass is 322 g/mol. The Morgan fingerprint density at radius 1 is 1.22 bits per heavy atom. The smallest absolute Gasteiger partial charge is 0.338 e. The molecule has 0 aliphatic carbocycles. The minimum atomic E-state index is -1.05. The van der Waals surface area contributed by atoms with Crippen molar-refractivity contribution in [3.05, 3.63) is 35.9 Å². The van der Waals surface area contributed by atoms with Crippen LogP contribution in [0.25, 0.3) is 0 Å². The van der Waals surface area contributed by atoms with Crippen molar-refractivity contribution in [1.29, 1.82) is 0 Å². The van der Waals surface area contributed by atoms with Gasteiger partial charge in [0.1, 0.15) is 24.9 Å². The molecule has 6 nitrogen and oxygen atoms in total. The van der Waals surface area contributed by atoms with Gasteiger partial charge < -0.3 is 19.3 Å². The number of carbonyl (C=O) groups is 2. The molecule has 1 aliphatic rings. The van der Waals surface area contributed by atoms with Gasteiger partial charge in [-0.05, 0) is 19.1 Å². The Bertz CT molecular complexity index is 543. The zero-order valence-corrected chi connectivity index (χ0v) is 13.5. The fourth-order valence-electron chi connectivity index (χ4n) is 2.59. The summed E-state index contributed by atoms with van der Waals surface area (Å²) in [4.78, 5) is 23.2. The standard InChI is InChI=1S/C17H22O6/c1-10-11(2)22-14(15(19)16(10)23-12(3)18)9-21-17(20)13-7-5-4-6-8-13/h4-8,10-11,14-16,19H,9H2,1-3H3. The summed E-state index contributed by atoms with van der Waals surface area (Å²) in [5.41, 5.74) is 0.427. The van der Waals surface area contributed by atoms with Gasteiger partial charge in [-0.2, -0.15) is 0 Å². The van der Waals surface area contributed by atoms with Gasteiger partial charge in [0.25, 0.3) is 0 Å². The van der Waals surface area contributed by atoms with Crippen LogP contribution in [0.3, 0.4) is 0 Å². The lowest BCUT2D eigenvalue weighted by atomic mass is 9.88. The molecule has 0 bridgehead atoms. The minimum absolute atomic E-state index is 0.107. The number of aliphatic hydroxyl groups is 1. The first-order valence-electron chi connectivity index (χ1n) is 7.63. The number of esters is 2. The molecule has 23 heavy (non-hydrogen) atoms. The van der Waals surface area contributed by atoms with Crippen LogP contribution in [0.2, 0.25) is 0 Å². The van der Waals surface area contributed by atoms with Crippen LogP contribution in [-0.2, 0) is 19.0 Å². The second kappa shape index (κ2) is 7.57. The van der Waals surface area contributed by atoms with Crippen LogP contribution in [-0.4, -0.2) is 48.1 Å². The van der Waals surface area contributed by atoms with Crippen LogP contribution < -0.4 is 0 Å². The van der Waals surface area contributed by atoms with Gasteiger partial charge in [-0.1, -0.05) is 25.1 Å². The third kappa shape index (κ3) is 4.30. The maximum Gasteiger partial charge on any atom is 0.338 e. The van der Waals surface area contributed by atoms with Crippen molar-refractivity contribution >= 4 is 11.9 Å². The van der Waals surface area contributed by atoms with E-state index < -0.39 is 30.3 Å². The SMILES string of the molecule is CC(=O)OC1C(C)C(C)OC(COC(=O)c2ccccc2)C1O. The fraction of sp³-hybridized carbons (Fsp3) is 0.529. The van der Waals surface area contributed by atoms with Gasteiger partial charge in [0, 0.05) is 12.8 Å². The van der Waals surface area contributed by atoms with Crippen molar-refractivity contribution in [3.8, 4) is 0 Å². The highest BCUT2D eigenvalue weighted by Gasteiger charge is 2.43. The Balaban J connectivity index is 1.98. The molecule has 1 aromatic rings. The van der Waals surface area contributed by atoms with Crippen molar-refractivity contribution in [1.82, 2.24) is 0 Å². The van der Waals surface area contributed by atoms with E-state index >= 15 is 0 Å². The van der Waals surface area contributed by atoms with Crippen molar-refractivity contribution in [2.75, 3.05) is 6.61 Å². The summed E-state index contributed by atoms with van der Waals surface area (Å²) in [6.07, 6.45) is -2.70. The number of hydrogen-bond acceptors (Lipinski definition) is 6. The molecular formula is C17H22O6. The van der Waals surface area contributed by atoms with Crippen molar-refractivity contribution in [2.45, 2.75) is 45.2 Å². The van der Waals surface area contributed by atoms with Gasteiger partial charge in [-0.15, -0.1) is 0 Å². The number of aliphatic hydroxyl groups excluding tert-OH is 1. The Kier molecular flexibility index (Phi) is 5.74. The van der Waals surface area contributed by atoms with E-state index in [4.69, 9.17) is 14.2 Å². The van der Waals surface area contributed by atoms with Crippen LogP contribution in [0, 0.1) is 5.92 Å². The summed E-state index contributed by atoms with van der Waals surface area (Å²) in [7, 11) is 0. The number of rotatable bonds is 4. The first-order valence-corrected chi connectivity index (χ1v) is 7.63. The van der Waals surface area contributed by atoms with Crippen molar-refractivity contribution < 1.29 is 28.9 Å². The highest BCUT2D eigenvalue weighted by molar-refractivity contribution is 5.89. The molecule has 1 heterocycles. The van der Waals surface area contributed by atoms with Crippen molar-refractivity contribution in [2.24, 2.45) is 5.92 Å². The zero-order chi connectivity index (χ0) is 17.0. The van der Waals surface area contributed by atoms with Crippen LogP contribution in [0.15, 0.2) is 30.3 Å². The fourth-order valence-corrected chi connectivity index (χ4v) is 2.59. The van der Waals surface area contributed by atoms with Gasteiger partial charge in [0.2, 0.25) is 0 Å².